The van der Waals surface area contributed by atoms with Crippen LogP contribution in [0, 0.1) is 5.82 Å². The zero-order chi connectivity index (χ0) is 30.9. The summed E-state index contributed by atoms with van der Waals surface area (Å²) >= 11 is 0. The Kier molecular flexibility index (Phi) is 9.85. The predicted molar refractivity (Wildman–Crippen MR) is 165 cm³/mol. The second-order valence-corrected chi connectivity index (χ2v) is 13.3. The average molecular weight is 598 g/mol. The molecule has 2 fully saturated rings. The number of piperazine rings is 1. The normalized spacial score (nSPS) is 26.8. The number of aliphatic hydroxyl groups excluding tert-OH is 1. The maximum absolute atomic E-state index is 14.2. The average Bonchev–Trinajstić information content (AvgIpc) is 3.23. The molecule has 1 amide bonds. The molecule has 9 nitrogen and oxygen atoms in total. The van der Waals surface area contributed by atoms with Crippen molar-refractivity contribution in [2.75, 3.05) is 64.6 Å². The van der Waals surface area contributed by atoms with E-state index >= 15 is 0 Å². The van der Waals surface area contributed by atoms with E-state index in [2.05, 4.69) is 49.7 Å². The summed E-state index contributed by atoms with van der Waals surface area (Å²) < 4.78 is 25.0. The number of hydrogen-bond acceptors (Lipinski definition) is 8. The van der Waals surface area contributed by atoms with Gasteiger partial charge in [-0.25, -0.2) is 4.39 Å². The Labute approximate surface area is 255 Å². The van der Waals surface area contributed by atoms with Crippen LogP contribution in [0.15, 0.2) is 30.3 Å². The minimum Gasteiger partial charge on any atom is -0.393 e. The summed E-state index contributed by atoms with van der Waals surface area (Å²) in [6.45, 7) is 15.4. The lowest BCUT2D eigenvalue weighted by atomic mass is 9.90. The molecule has 0 unspecified atom stereocenters. The summed E-state index contributed by atoms with van der Waals surface area (Å²) in [6.07, 6.45) is -0.125. The molecule has 1 aromatic heterocycles. The highest BCUT2D eigenvalue weighted by Gasteiger charge is 2.42. The summed E-state index contributed by atoms with van der Waals surface area (Å²) in [6, 6.07) is 9.59. The number of ether oxygens (including phenoxy) is 2. The van der Waals surface area contributed by atoms with Crippen molar-refractivity contribution < 1.29 is 23.8 Å². The van der Waals surface area contributed by atoms with Crippen LogP contribution >= 0.6 is 0 Å². The predicted octanol–water partition coefficient (Wildman–Crippen LogP) is 2.89. The molecular weight excluding hydrogens is 549 g/mol. The van der Waals surface area contributed by atoms with E-state index in [0.717, 1.165) is 55.4 Å². The van der Waals surface area contributed by atoms with Crippen molar-refractivity contribution in [1.29, 1.82) is 0 Å². The summed E-state index contributed by atoms with van der Waals surface area (Å²) in [5, 5.41) is 13.7. The standard InChI is InChI=1S/C33H48FN5O4/c1-21-14-37(27(13-35-21)15-38-22(2)18-43-19-23(38)3)16-30(41)39-20-33(4,5)32-28(39)12-25(31(36-32)29(17-40)42-6)11-24-7-9-26(34)10-8-24/h7-10,12,21-23,27,29,35,40H,11,13-20H2,1-6H3/t21-,22-,23-,27-,29-/m1/s1. The number of anilines is 1. The Morgan fingerprint density at radius 1 is 1.21 bits per heavy atom. The Morgan fingerprint density at radius 3 is 2.56 bits per heavy atom. The Balaban J connectivity index is 1.43. The number of nitrogens with zero attached hydrogens (tertiary/aromatic N) is 4. The van der Waals surface area contributed by atoms with Crippen molar-refractivity contribution in [3.8, 4) is 0 Å². The molecule has 5 rings (SSSR count). The molecule has 43 heavy (non-hydrogen) atoms. The van der Waals surface area contributed by atoms with Gasteiger partial charge in [0, 0.05) is 62.9 Å². The highest BCUT2D eigenvalue weighted by molar-refractivity contribution is 5.97. The molecule has 2 saturated heterocycles. The van der Waals surface area contributed by atoms with Gasteiger partial charge in [-0.3, -0.25) is 19.6 Å². The molecular formula is C33H48FN5O4. The van der Waals surface area contributed by atoms with Crippen LogP contribution in [-0.2, 0) is 26.1 Å². The number of rotatable bonds is 9. The minimum atomic E-state index is -0.602. The molecule has 10 heteroatoms. The lowest BCUT2D eigenvalue weighted by Gasteiger charge is -2.46. The maximum atomic E-state index is 14.2. The van der Waals surface area contributed by atoms with Crippen LogP contribution in [0.1, 0.15) is 63.2 Å². The fourth-order valence-electron chi connectivity index (χ4n) is 6.86. The molecule has 0 radical (unpaired) electrons. The molecule has 0 aliphatic carbocycles. The number of carbonyl (C=O) groups excluding carboxylic acids is 1. The summed E-state index contributed by atoms with van der Waals surface area (Å²) in [5.41, 5.74) is 3.67. The van der Waals surface area contributed by atoms with E-state index in [0.29, 0.717) is 43.3 Å². The number of carbonyl (C=O) groups is 1. The van der Waals surface area contributed by atoms with Gasteiger partial charge in [-0.1, -0.05) is 26.0 Å². The van der Waals surface area contributed by atoms with Crippen molar-refractivity contribution in [3.05, 3.63) is 58.7 Å². The number of morpholine rings is 1. The number of methoxy groups -OCH3 is 1. The first kappa shape index (κ1) is 31.9. The number of benzene rings is 1. The number of aliphatic hydroxyl groups is 1. The van der Waals surface area contributed by atoms with Gasteiger partial charge < -0.3 is 24.8 Å². The first-order chi connectivity index (χ1) is 20.5. The lowest BCUT2D eigenvalue weighted by Crippen LogP contribution is -2.63. The Hall–Kier alpha value is -2.47. The van der Waals surface area contributed by atoms with Crippen LogP contribution in [0.2, 0.25) is 0 Å². The molecule has 3 aliphatic heterocycles. The van der Waals surface area contributed by atoms with E-state index in [9.17, 15) is 14.3 Å². The molecule has 5 atom stereocenters. The van der Waals surface area contributed by atoms with Gasteiger partial charge in [-0.2, -0.15) is 0 Å². The SMILES string of the molecule is CO[C@H](CO)c1nc2c(cc1Cc1ccc(F)cc1)N(C(=O)CN1C[C@@H](C)NC[C@@H]1CN1[C@H](C)COC[C@H]1C)CC2(C)C. The van der Waals surface area contributed by atoms with Gasteiger partial charge in [0.2, 0.25) is 5.91 Å². The van der Waals surface area contributed by atoms with Gasteiger partial charge in [0.05, 0.1) is 43.4 Å². The van der Waals surface area contributed by atoms with E-state index in [1.807, 2.05) is 11.0 Å². The van der Waals surface area contributed by atoms with Crippen LogP contribution in [0.3, 0.4) is 0 Å². The number of hydrogen-bond donors (Lipinski definition) is 2. The van der Waals surface area contributed by atoms with Crippen molar-refractivity contribution in [3.63, 3.8) is 0 Å². The quantitative estimate of drug-likeness (QED) is 0.456. The molecule has 3 aliphatic rings. The molecule has 1 aromatic carbocycles. The number of aromatic nitrogens is 1. The van der Waals surface area contributed by atoms with Crippen LogP contribution in [-0.4, -0.2) is 110 Å². The highest BCUT2D eigenvalue weighted by Crippen LogP contribution is 2.42. The van der Waals surface area contributed by atoms with E-state index in [-0.39, 0.29) is 29.8 Å². The summed E-state index contributed by atoms with van der Waals surface area (Å²) in [5.74, 6) is -0.237. The zero-order valence-electron chi connectivity index (χ0n) is 26.5. The van der Waals surface area contributed by atoms with Crippen LogP contribution in [0.5, 0.6) is 0 Å². The molecule has 2 N–H and O–H groups in total. The van der Waals surface area contributed by atoms with Crippen LogP contribution in [0.25, 0.3) is 0 Å². The van der Waals surface area contributed by atoms with Crippen molar-refractivity contribution in [2.45, 2.75) is 76.7 Å². The molecule has 4 heterocycles. The Bertz CT molecular complexity index is 1260. The third-order valence-electron chi connectivity index (χ3n) is 9.30. The molecule has 0 spiro atoms. The van der Waals surface area contributed by atoms with E-state index in [4.69, 9.17) is 14.5 Å². The topological polar surface area (TPSA) is 90.4 Å². The first-order valence-electron chi connectivity index (χ1n) is 15.5. The van der Waals surface area contributed by atoms with Crippen LogP contribution < -0.4 is 10.2 Å². The zero-order valence-corrected chi connectivity index (χ0v) is 26.5. The van der Waals surface area contributed by atoms with Gasteiger partial charge in [-0.05, 0) is 56.5 Å². The number of halogens is 1. The maximum Gasteiger partial charge on any atom is 0.241 e. The van der Waals surface area contributed by atoms with E-state index in [1.165, 1.54) is 12.1 Å². The minimum absolute atomic E-state index is 0.0572. The van der Waals surface area contributed by atoms with Gasteiger partial charge in [0.1, 0.15) is 11.9 Å². The highest BCUT2D eigenvalue weighted by atomic mass is 19.1. The van der Waals surface area contributed by atoms with Crippen LogP contribution in [0.4, 0.5) is 10.1 Å². The monoisotopic (exact) mass is 597 g/mol. The summed E-state index contributed by atoms with van der Waals surface area (Å²) in [7, 11) is 1.56. The number of fused-ring (bicyclic) bond motifs is 1. The van der Waals surface area contributed by atoms with E-state index in [1.54, 1.807) is 19.2 Å². The second-order valence-electron chi connectivity index (χ2n) is 13.3. The third-order valence-corrected chi connectivity index (χ3v) is 9.30. The summed E-state index contributed by atoms with van der Waals surface area (Å²) in [4.78, 5) is 26.0. The first-order valence-corrected chi connectivity index (χ1v) is 15.5. The molecule has 2 aromatic rings. The smallest absolute Gasteiger partial charge is 0.241 e. The molecule has 236 valence electrons. The molecule has 0 saturated carbocycles. The number of amides is 1. The van der Waals surface area contributed by atoms with Crippen molar-refractivity contribution >= 4 is 11.6 Å². The van der Waals surface area contributed by atoms with Gasteiger partial charge in [0.15, 0.2) is 0 Å². The van der Waals surface area contributed by atoms with Crippen molar-refractivity contribution in [2.24, 2.45) is 0 Å². The molecule has 0 bridgehead atoms. The number of nitrogens with one attached hydrogen (secondary N) is 1. The van der Waals surface area contributed by atoms with Crippen molar-refractivity contribution in [1.82, 2.24) is 20.1 Å². The van der Waals surface area contributed by atoms with Gasteiger partial charge >= 0.3 is 0 Å². The van der Waals surface area contributed by atoms with Gasteiger partial charge in [-0.15, -0.1) is 0 Å². The van der Waals surface area contributed by atoms with E-state index < -0.39 is 6.10 Å². The Morgan fingerprint density at radius 2 is 1.91 bits per heavy atom. The lowest BCUT2D eigenvalue weighted by molar-refractivity contribution is -0.121. The largest absolute Gasteiger partial charge is 0.393 e. The third kappa shape index (κ3) is 6.95. The fourth-order valence-corrected chi connectivity index (χ4v) is 6.86. The number of pyridine rings is 1. The van der Waals surface area contributed by atoms with Gasteiger partial charge in [0.25, 0.3) is 0 Å². The second kappa shape index (κ2) is 13.3. The fraction of sp³-hybridized carbons (Fsp3) is 0.636.